The Balaban J connectivity index is 2.54. The van der Waals surface area contributed by atoms with Crippen LogP contribution in [0.25, 0.3) is 0 Å². The minimum atomic E-state index is -0.847. The van der Waals surface area contributed by atoms with Gasteiger partial charge in [0.05, 0.1) is 0 Å². The average molecular weight is 116 g/mol. The second kappa shape index (κ2) is 1.71. The molecule has 2 atom stereocenters. The molecule has 1 aliphatic carbocycles. The molecule has 0 bridgehead atoms. The van der Waals surface area contributed by atoms with Crippen LogP contribution in [0.15, 0.2) is 0 Å². The van der Waals surface area contributed by atoms with E-state index in [1.165, 1.54) is 0 Å². The van der Waals surface area contributed by atoms with E-state index in [-0.39, 0.29) is 0 Å². The van der Waals surface area contributed by atoms with Gasteiger partial charge in [0, 0.05) is 0 Å². The molecule has 0 nitrogen and oxygen atoms in total. The van der Waals surface area contributed by atoms with Gasteiger partial charge in [0.1, 0.15) is 5.67 Å². The summed E-state index contributed by atoms with van der Waals surface area (Å²) in [5.74, 6) is 0.294. The Bertz CT molecular complexity index is 86.4. The molecule has 1 saturated carbocycles. The van der Waals surface area contributed by atoms with Gasteiger partial charge in [-0.05, 0) is 32.1 Å². The third-order valence-electron chi connectivity index (χ3n) is 2.33. The van der Waals surface area contributed by atoms with E-state index >= 15 is 0 Å². The topological polar surface area (TPSA) is 0 Å². The third kappa shape index (κ3) is 0.862. The smallest absolute Gasteiger partial charge is 0.110 e. The molecule has 0 N–H and O–H groups in total. The van der Waals surface area contributed by atoms with Crippen LogP contribution in [-0.4, -0.2) is 5.67 Å². The van der Waals surface area contributed by atoms with Crippen LogP contribution in [-0.2, 0) is 0 Å². The molecule has 48 valence electrons. The van der Waals surface area contributed by atoms with Gasteiger partial charge in [-0.15, -0.1) is 0 Å². The summed E-state index contributed by atoms with van der Waals surface area (Å²) in [7, 11) is 0. The highest BCUT2D eigenvalue weighted by Gasteiger charge is 2.35. The van der Waals surface area contributed by atoms with Crippen molar-refractivity contribution in [1.29, 1.82) is 0 Å². The Morgan fingerprint density at radius 3 is 2.38 bits per heavy atom. The molecule has 1 aliphatic rings. The zero-order valence-corrected chi connectivity index (χ0v) is 5.58. The molecule has 1 unspecified atom stereocenters. The molecule has 0 saturated heterocycles. The van der Waals surface area contributed by atoms with Crippen molar-refractivity contribution in [3.8, 4) is 0 Å². The maximum Gasteiger partial charge on any atom is 0.110 e. The van der Waals surface area contributed by atoms with Crippen molar-refractivity contribution in [1.82, 2.24) is 0 Å². The average Bonchev–Trinajstić information content (AvgIpc) is 1.86. The highest BCUT2D eigenvalue weighted by Crippen LogP contribution is 2.37. The molecule has 1 heteroatoms. The van der Waals surface area contributed by atoms with Crippen molar-refractivity contribution in [2.45, 2.75) is 38.8 Å². The highest BCUT2D eigenvalue weighted by molar-refractivity contribution is 4.85. The standard InChI is InChI=1S/C7H13F/c1-6-4-3-5-7(6,2)8/h6H,3-5H2,1-2H3/t6-,7?/m1/s1. The van der Waals surface area contributed by atoms with Crippen molar-refractivity contribution in [2.75, 3.05) is 0 Å². The van der Waals surface area contributed by atoms with E-state index in [1.54, 1.807) is 6.92 Å². The Morgan fingerprint density at radius 1 is 1.62 bits per heavy atom. The number of alkyl halides is 1. The normalized spacial score (nSPS) is 47.6. The lowest BCUT2D eigenvalue weighted by atomic mass is 9.97. The fourth-order valence-corrected chi connectivity index (χ4v) is 1.30. The van der Waals surface area contributed by atoms with Gasteiger partial charge in [-0.2, -0.15) is 0 Å². The Morgan fingerprint density at radius 2 is 2.25 bits per heavy atom. The number of hydrogen-bond donors (Lipinski definition) is 0. The van der Waals surface area contributed by atoms with E-state index in [0.717, 1.165) is 19.3 Å². The van der Waals surface area contributed by atoms with Crippen LogP contribution >= 0.6 is 0 Å². The van der Waals surface area contributed by atoms with E-state index in [9.17, 15) is 4.39 Å². The summed E-state index contributed by atoms with van der Waals surface area (Å²) in [6.07, 6.45) is 2.93. The summed E-state index contributed by atoms with van der Waals surface area (Å²) in [5.41, 5.74) is -0.847. The Hall–Kier alpha value is -0.0700. The minimum Gasteiger partial charge on any atom is -0.244 e. The fourth-order valence-electron chi connectivity index (χ4n) is 1.30. The van der Waals surface area contributed by atoms with E-state index < -0.39 is 5.67 Å². The fraction of sp³-hybridized carbons (Fsp3) is 1.00. The molecule has 0 aromatic carbocycles. The largest absolute Gasteiger partial charge is 0.244 e. The first-order valence-electron chi connectivity index (χ1n) is 3.32. The van der Waals surface area contributed by atoms with Crippen LogP contribution in [0.2, 0.25) is 0 Å². The van der Waals surface area contributed by atoms with Gasteiger partial charge < -0.3 is 0 Å². The molecule has 1 rings (SSSR count). The molecule has 1 fully saturated rings. The molecule has 0 amide bonds. The molecule has 0 aliphatic heterocycles. The molecule has 0 spiro atoms. The molecule has 0 aromatic heterocycles. The van der Waals surface area contributed by atoms with Gasteiger partial charge in [0.15, 0.2) is 0 Å². The summed E-state index contributed by atoms with van der Waals surface area (Å²) >= 11 is 0. The molecular formula is C7H13F. The summed E-state index contributed by atoms with van der Waals surface area (Å²) < 4.78 is 13.0. The number of hydrogen-bond acceptors (Lipinski definition) is 0. The van der Waals surface area contributed by atoms with Crippen LogP contribution in [0.5, 0.6) is 0 Å². The van der Waals surface area contributed by atoms with E-state index in [4.69, 9.17) is 0 Å². The summed E-state index contributed by atoms with van der Waals surface area (Å²) in [6.45, 7) is 3.71. The van der Waals surface area contributed by atoms with Crippen molar-refractivity contribution < 1.29 is 4.39 Å². The van der Waals surface area contributed by atoms with Crippen molar-refractivity contribution in [3.63, 3.8) is 0 Å². The van der Waals surface area contributed by atoms with Gasteiger partial charge in [-0.25, -0.2) is 4.39 Å². The van der Waals surface area contributed by atoms with Gasteiger partial charge in [0.2, 0.25) is 0 Å². The highest BCUT2D eigenvalue weighted by atomic mass is 19.1. The first-order chi connectivity index (χ1) is 3.63. The van der Waals surface area contributed by atoms with Crippen LogP contribution in [0.4, 0.5) is 4.39 Å². The number of halogens is 1. The predicted molar refractivity (Wildman–Crippen MR) is 32.5 cm³/mol. The molecule has 0 heterocycles. The minimum absolute atomic E-state index is 0.294. The second-order valence-corrected chi connectivity index (χ2v) is 3.07. The summed E-state index contributed by atoms with van der Waals surface area (Å²) in [6, 6.07) is 0. The number of rotatable bonds is 0. The van der Waals surface area contributed by atoms with E-state index in [2.05, 4.69) is 0 Å². The maximum absolute atomic E-state index is 13.0. The first kappa shape index (κ1) is 6.06. The first-order valence-corrected chi connectivity index (χ1v) is 3.32. The lowest BCUT2D eigenvalue weighted by Crippen LogP contribution is -2.19. The lowest BCUT2D eigenvalue weighted by molar-refractivity contribution is 0.144. The van der Waals surface area contributed by atoms with Crippen LogP contribution in [0.1, 0.15) is 33.1 Å². The van der Waals surface area contributed by atoms with Crippen LogP contribution < -0.4 is 0 Å². The summed E-state index contributed by atoms with van der Waals surface area (Å²) in [5, 5.41) is 0. The second-order valence-electron chi connectivity index (χ2n) is 3.07. The van der Waals surface area contributed by atoms with Crippen molar-refractivity contribution in [2.24, 2.45) is 5.92 Å². The maximum atomic E-state index is 13.0. The monoisotopic (exact) mass is 116 g/mol. The zero-order valence-electron chi connectivity index (χ0n) is 5.58. The van der Waals surface area contributed by atoms with Gasteiger partial charge in [-0.1, -0.05) is 6.92 Å². The summed E-state index contributed by atoms with van der Waals surface area (Å²) in [4.78, 5) is 0. The molecule has 8 heavy (non-hydrogen) atoms. The molecule has 0 radical (unpaired) electrons. The molecular weight excluding hydrogens is 103 g/mol. The quantitative estimate of drug-likeness (QED) is 0.456. The van der Waals surface area contributed by atoms with Gasteiger partial charge in [0.25, 0.3) is 0 Å². The van der Waals surface area contributed by atoms with Crippen molar-refractivity contribution in [3.05, 3.63) is 0 Å². The van der Waals surface area contributed by atoms with E-state index in [1.807, 2.05) is 6.92 Å². The van der Waals surface area contributed by atoms with Crippen molar-refractivity contribution >= 4 is 0 Å². The Labute approximate surface area is 50.1 Å². The zero-order chi connectivity index (χ0) is 6.20. The molecule has 0 aromatic rings. The van der Waals surface area contributed by atoms with Crippen LogP contribution in [0, 0.1) is 5.92 Å². The van der Waals surface area contributed by atoms with Gasteiger partial charge in [-0.3, -0.25) is 0 Å². The van der Waals surface area contributed by atoms with E-state index in [0.29, 0.717) is 5.92 Å². The Kier molecular flexibility index (Phi) is 1.30. The van der Waals surface area contributed by atoms with Gasteiger partial charge >= 0.3 is 0 Å². The predicted octanol–water partition coefficient (Wildman–Crippen LogP) is 2.53. The van der Waals surface area contributed by atoms with Crippen LogP contribution in [0.3, 0.4) is 0 Å². The third-order valence-corrected chi connectivity index (χ3v) is 2.33. The SMILES string of the molecule is C[C@@H]1CCCC1(C)F. The lowest BCUT2D eigenvalue weighted by Gasteiger charge is -2.17.